The highest BCUT2D eigenvalue weighted by Gasteiger charge is 2.23. The minimum absolute atomic E-state index is 0.0350. The van der Waals surface area contributed by atoms with Crippen molar-refractivity contribution in [2.24, 2.45) is 0 Å². The molecule has 0 saturated heterocycles. The number of anilines is 2. The molecule has 2 N–H and O–H groups in total. The van der Waals surface area contributed by atoms with Gasteiger partial charge in [-0.2, -0.15) is 0 Å². The van der Waals surface area contributed by atoms with Crippen molar-refractivity contribution in [2.45, 2.75) is 50.8 Å². The van der Waals surface area contributed by atoms with Gasteiger partial charge in [-0.25, -0.2) is 13.4 Å². The van der Waals surface area contributed by atoms with Gasteiger partial charge in [0.1, 0.15) is 5.82 Å². The molecule has 2 aromatic carbocycles. The molecular weight excluding hydrogens is 400 g/mol. The Balaban J connectivity index is 1.64. The Kier molecular flexibility index (Phi) is 4.85. The number of hydrogen-bond donors (Lipinski definition) is 2. The summed E-state index contributed by atoms with van der Waals surface area (Å²) in [6.45, 7) is 8.39. The Bertz CT molecular complexity index is 1240. The van der Waals surface area contributed by atoms with Gasteiger partial charge in [0.05, 0.1) is 21.6 Å². The molecule has 1 amide bonds. The zero-order chi connectivity index (χ0) is 21.7. The van der Waals surface area contributed by atoms with Gasteiger partial charge in [0.25, 0.3) is 10.0 Å². The molecule has 0 saturated carbocycles. The lowest BCUT2D eigenvalue weighted by molar-refractivity contribution is -0.116. The number of carbonyl (C=O) groups is 1. The molecule has 30 heavy (non-hydrogen) atoms. The lowest BCUT2D eigenvalue weighted by Crippen LogP contribution is -2.33. The van der Waals surface area contributed by atoms with Crippen molar-refractivity contribution in [1.29, 1.82) is 0 Å². The van der Waals surface area contributed by atoms with Crippen LogP contribution in [0.25, 0.3) is 11.0 Å². The summed E-state index contributed by atoms with van der Waals surface area (Å²) in [5.41, 5.74) is 3.58. The first-order valence-corrected chi connectivity index (χ1v) is 11.5. The Morgan fingerprint density at radius 1 is 1.17 bits per heavy atom. The van der Waals surface area contributed by atoms with E-state index in [0.29, 0.717) is 12.2 Å². The molecule has 3 aromatic rings. The molecule has 0 radical (unpaired) electrons. The van der Waals surface area contributed by atoms with Crippen LogP contribution >= 0.6 is 0 Å². The van der Waals surface area contributed by atoms with Crippen molar-refractivity contribution in [1.82, 2.24) is 9.97 Å². The van der Waals surface area contributed by atoms with E-state index in [1.807, 2.05) is 0 Å². The highest BCUT2D eigenvalue weighted by molar-refractivity contribution is 7.92. The molecule has 2 heterocycles. The zero-order valence-electron chi connectivity index (χ0n) is 17.6. The average molecular weight is 427 g/mol. The predicted molar refractivity (Wildman–Crippen MR) is 118 cm³/mol. The maximum absolute atomic E-state index is 13.0. The lowest BCUT2D eigenvalue weighted by Gasteiger charge is -2.28. The van der Waals surface area contributed by atoms with Gasteiger partial charge in [0.15, 0.2) is 0 Å². The van der Waals surface area contributed by atoms with Gasteiger partial charge in [0, 0.05) is 24.6 Å². The molecule has 4 rings (SSSR count). The van der Waals surface area contributed by atoms with E-state index in [9.17, 15) is 13.2 Å². The van der Waals surface area contributed by atoms with Gasteiger partial charge < -0.3 is 9.88 Å². The maximum atomic E-state index is 13.0. The Morgan fingerprint density at radius 2 is 1.93 bits per heavy atom. The van der Waals surface area contributed by atoms with Crippen LogP contribution in [0.15, 0.2) is 41.3 Å². The van der Waals surface area contributed by atoms with E-state index in [1.165, 1.54) is 6.92 Å². The van der Waals surface area contributed by atoms with E-state index >= 15 is 0 Å². The Labute approximate surface area is 176 Å². The van der Waals surface area contributed by atoms with Crippen molar-refractivity contribution >= 4 is 38.3 Å². The van der Waals surface area contributed by atoms with Crippen LogP contribution in [0.2, 0.25) is 0 Å². The van der Waals surface area contributed by atoms with Crippen LogP contribution in [0.4, 0.5) is 11.4 Å². The molecule has 0 unspecified atom stereocenters. The van der Waals surface area contributed by atoms with Crippen molar-refractivity contribution in [3.05, 3.63) is 47.8 Å². The fourth-order valence-electron chi connectivity index (χ4n) is 3.71. The van der Waals surface area contributed by atoms with E-state index in [4.69, 9.17) is 0 Å². The number of hydrogen-bond acceptors (Lipinski definition) is 4. The molecule has 0 fully saturated rings. The first-order chi connectivity index (χ1) is 14.0. The van der Waals surface area contributed by atoms with Crippen LogP contribution in [-0.2, 0) is 26.7 Å². The number of aromatic amines is 1. The maximum Gasteiger partial charge on any atom is 0.261 e. The summed E-state index contributed by atoms with van der Waals surface area (Å²) in [6, 6.07) is 10.2. The molecule has 1 aliphatic heterocycles. The molecule has 0 aliphatic carbocycles. The molecule has 158 valence electrons. The van der Waals surface area contributed by atoms with E-state index in [-0.39, 0.29) is 16.2 Å². The highest BCUT2D eigenvalue weighted by Crippen LogP contribution is 2.31. The van der Waals surface area contributed by atoms with Gasteiger partial charge in [-0.1, -0.05) is 20.8 Å². The Morgan fingerprint density at radius 3 is 2.63 bits per heavy atom. The minimum Gasteiger partial charge on any atom is -0.341 e. The lowest BCUT2D eigenvalue weighted by atomic mass is 9.96. The van der Waals surface area contributed by atoms with Crippen LogP contribution in [0.1, 0.15) is 45.5 Å². The van der Waals surface area contributed by atoms with Crippen LogP contribution in [0, 0.1) is 0 Å². The standard InChI is InChI=1S/C22H26N4O3S/c1-14(27)26-11-5-6-15-12-17(8-10-20(15)26)30(28,29)25-16-7-9-18-19(13-16)24-21(23-18)22(2,3)4/h7-10,12-13,25H,5-6,11H2,1-4H3,(H,23,24). The molecule has 8 heteroatoms. The van der Waals surface area contributed by atoms with Crippen molar-refractivity contribution < 1.29 is 13.2 Å². The molecule has 0 atom stereocenters. The topological polar surface area (TPSA) is 95.2 Å². The smallest absolute Gasteiger partial charge is 0.261 e. The zero-order valence-corrected chi connectivity index (χ0v) is 18.4. The third-order valence-corrected chi connectivity index (χ3v) is 6.68. The minimum atomic E-state index is -3.76. The van der Waals surface area contributed by atoms with Crippen molar-refractivity contribution in [3.63, 3.8) is 0 Å². The quantitative estimate of drug-likeness (QED) is 0.663. The first-order valence-electron chi connectivity index (χ1n) is 9.99. The number of benzene rings is 2. The summed E-state index contributed by atoms with van der Waals surface area (Å²) < 4.78 is 28.6. The van der Waals surface area contributed by atoms with E-state index in [2.05, 4.69) is 35.5 Å². The second-order valence-electron chi connectivity index (χ2n) is 8.74. The number of rotatable bonds is 3. The molecule has 0 spiro atoms. The molecular formula is C22H26N4O3S. The van der Waals surface area contributed by atoms with Gasteiger partial charge in [-0.15, -0.1) is 0 Å². The second kappa shape index (κ2) is 7.12. The number of aromatic nitrogens is 2. The fraction of sp³-hybridized carbons (Fsp3) is 0.364. The average Bonchev–Trinajstić information content (AvgIpc) is 3.10. The number of imidazole rings is 1. The summed E-state index contributed by atoms with van der Waals surface area (Å²) in [4.78, 5) is 21.6. The number of H-pyrrole nitrogens is 1. The van der Waals surface area contributed by atoms with Gasteiger partial charge in [-0.3, -0.25) is 9.52 Å². The van der Waals surface area contributed by atoms with Crippen LogP contribution < -0.4 is 9.62 Å². The number of fused-ring (bicyclic) bond motifs is 2. The van der Waals surface area contributed by atoms with Crippen LogP contribution in [-0.4, -0.2) is 30.8 Å². The summed E-state index contributed by atoms with van der Waals surface area (Å²) in [6.07, 6.45) is 1.56. The largest absolute Gasteiger partial charge is 0.341 e. The SMILES string of the molecule is CC(=O)N1CCCc2cc(S(=O)(=O)Nc3ccc4nc(C(C)(C)C)[nH]c4c3)ccc21. The van der Waals surface area contributed by atoms with E-state index in [1.54, 1.807) is 41.3 Å². The normalized spacial score (nSPS) is 14.6. The number of carbonyl (C=O) groups excluding carboxylic acids is 1. The van der Waals surface area contributed by atoms with Crippen LogP contribution in [0.3, 0.4) is 0 Å². The van der Waals surface area contributed by atoms with Gasteiger partial charge in [0.2, 0.25) is 5.91 Å². The number of aryl methyl sites for hydroxylation is 1. The second-order valence-corrected chi connectivity index (χ2v) is 10.4. The summed E-state index contributed by atoms with van der Waals surface area (Å²) in [5.74, 6) is 0.814. The van der Waals surface area contributed by atoms with Crippen LogP contribution in [0.5, 0.6) is 0 Å². The highest BCUT2D eigenvalue weighted by atomic mass is 32.2. The summed E-state index contributed by atoms with van der Waals surface area (Å²) in [7, 11) is -3.76. The molecule has 1 aromatic heterocycles. The molecule has 1 aliphatic rings. The molecule has 7 nitrogen and oxygen atoms in total. The summed E-state index contributed by atoms with van der Waals surface area (Å²) >= 11 is 0. The molecule has 0 bridgehead atoms. The van der Waals surface area contributed by atoms with E-state index < -0.39 is 10.0 Å². The number of nitrogens with zero attached hydrogens (tertiary/aromatic N) is 2. The van der Waals surface area contributed by atoms with E-state index in [0.717, 1.165) is 41.0 Å². The van der Waals surface area contributed by atoms with Crippen molar-refractivity contribution in [2.75, 3.05) is 16.2 Å². The Hall–Kier alpha value is -2.87. The third-order valence-electron chi connectivity index (χ3n) is 5.30. The number of nitrogens with one attached hydrogen (secondary N) is 2. The van der Waals surface area contributed by atoms with Gasteiger partial charge in [-0.05, 0) is 54.8 Å². The third kappa shape index (κ3) is 3.79. The van der Waals surface area contributed by atoms with Crippen molar-refractivity contribution in [3.8, 4) is 0 Å². The number of sulfonamides is 1. The first kappa shape index (κ1) is 20.4. The monoisotopic (exact) mass is 426 g/mol. The predicted octanol–water partition coefficient (Wildman–Crippen LogP) is 3.96. The van der Waals surface area contributed by atoms with Gasteiger partial charge >= 0.3 is 0 Å². The fourth-order valence-corrected chi connectivity index (χ4v) is 4.81. The summed E-state index contributed by atoms with van der Waals surface area (Å²) in [5, 5.41) is 0. The number of amides is 1.